The van der Waals surface area contributed by atoms with Crippen LogP contribution in [0.1, 0.15) is 29.8 Å². The molecular formula is C10H12O. The number of rotatable bonds is 2. The first-order valence-corrected chi connectivity index (χ1v) is 3.84. The van der Waals surface area contributed by atoms with E-state index in [0.717, 1.165) is 17.5 Å². The van der Waals surface area contributed by atoms with E-state index in [1.807, 2.05) is 24.3 Å². The second-order valence-electron chi connectivity index (χ2n) is 2.57. The molecule has 1 nitrogen and oxygen atoms in total. The van der Waals surface area contributed by atoms with Crippen LogP contribution >= 0.6 is 0 Å². The molecule has 1 heteroatoms. The van der Waals surface area contributed by atoms with Gasteiger partial charge in [0.2, 0.25) is 0 Å². The molecule has 0 aliphatic rings. The second kappa shape index (κ2) is 3.33. The highest BCUT2D eigenvalue weighted by atomic mass is 16.1. The summed E-state index contributed by atoms with van der Waals surface area (Å²) in [5.41, 5.74) is 2.00. The number of hydrogen-bond acceptors (Lipinski definition) is 1. The van der Waals surface area contributed by atoms with Crippen molar-refractivity contribution in [3.05, 3.63) is 35.4 Å². The van der Waals surface area contributed by atoms with E-state index in [1.54, 1.807) is 6.92 Å². The summed E-state index contributed by atoms with van der Waals surface area (Å²) in [6.07, 6.45) is 0.926. The molecule has 0 bridgehead atoms. The molecule has 0 radical (unpaired) electrons. The summed E-state index contributed by atoms with van der Waals surface area (Å²) in [7, 11) is 0. The maximum Gasteiger partial charge on any atom is 0.160 e. The highest BCUT2D eigenvalue weighted by Crippen LogP contribution is 2.09. The zero-order chi connectivity index (χ0) is 8.27. The summed E-state index contributed by atoms with van der Waals surface area (Å²) in [5.74, 6) is 0.155. The molecule has 0 spiro atoms. The van der Waals surface area contributed by atoms with E-state index < -0.39 is 0 Å². The van der Waals surface area contributed by atoms with Crippen molar-refractivity contribution < 1.29 is 4.79 Å². The number of carbonyl (C=O) groups excluding carboxylic acids is 1. The number of benzene rings is 1. The molecule has 1 rings (SSSR count). The van der Waals surface area contributed by atoms with Crippen molar-refractivity contribution in [1.29, 1.82) is 0 Å². The van der Waals surface area contributed by atoms with Crippen LogP contribution < -0.4 is 0 Å². The third-order valence-corrected chi connectivity index (χ3v) is 1.78. The van der Waals surface area contributed by atoms with Crippen LogP contribution in [0.2, 0.25) is 0 Å². The van der Waals surface area contributed by atoms with Crippen molar-refractivity contribution in [1.82, 2.24) is 0 Å². The minimum absolute atomic E-state index is 0.155. The Kier molecular flexibility index (Phi) is 2.42. The van der Waals surface area contributed by atoms with Crippen LogP contribution in [-0.4, -0.2) is 5.78 Å². The zero-order valence-electron chi connectivity index (χ0n) is 6.92. The van der Waals surface area contributed by atoms with Crippen molar-refractivity contribution in [2.75, 3.05) is 0 Å². The average molecular weight is 148 g/mol. The van der Waals surface area contributed by atoms with Gasteiger partial charge in [0.05, 0.1) is 0 Å². The van der Waals surface area contributed by atoms with Crippen LogP contribution in [-0.2, 0) is 6.42 Å². The molecule has 1 aromatic rings. The molecule has 0 fully saturated rings. The van der Waals surface area contributed by atoms with Crippen molar-refractivity contribution in [3.8, 4) is 0 Å². The molecule has 0 aliphatic heterocycles. The Morgan fingerprint density at radius 2 is 2.00 bits per heavy atom. The Hall–Kier alpha value is -1.11. The molecule has 0 saturated heterocycles. The standard InChI is InChI=1S/C10H12O/c1-3-9-6-4-5-7-10(9)8(2)11/h4-7H,3H2,1-2H3. The van der Waals surface area contributed by atoms with Gasteiger partial charge in [-0.05, 0) is 18.9 Å². The van der Waals surface area contributed by atoms with Gasteiger partial charge in [0, 0.05) is 5.56 Å². The van der Waals surface area contributed by atoms with Gasteiger partial charge in [-0.2, -0.15) is 0 Å². The van der Waals surface area contributed by atoms with Crippen molar-refractivity contribution >= 4 is 5.78 Å². The highest BCUT2D eigenvalue weighted by Gasteiger charge is 2.02. The highest BCUT2D eigenvalue weighted by molar-refractivity contribution is 5.95. The van der Waals surface area contributed by atoms with Gasteiger partial charge < -0.3 is 0 Å². The molecular weight excluding hydrogens is 136 g/mol. The molecule has 0 heterocycles. The molecule has 58 valence electrons. The molecule has 0 saturated carbocycles. The topological polar surface area (TPSA) is 17.1 Å². The van der Waals surface area contributed by atoms with E-state index in [1.165, 1.54) is 0 Å². The summed E-state index contributed by atoms with van der Waals surface area (Å²) < 4.78 is 0. The number of aryl methyl sites for hydroxylation is 1. The maximum atomic E-state index is 11.0. The SMILES string of the molecule is CCc1ccccc1C(C)=O. The lowest BCUT2D eigenvalue weighted by molar-refractivity contribution is 0.101. The summed E-state index contributed by atoms with van der Waals surface area (Å²) in [4.78, 5) is 11.0. The minimum atomic E-state index is 0.155. The van der Waals surface area contributed by atoms with E-state index >= 15 is 0 Å². The van der Waals surface area contributed by atoms with Crippen LogP contribution in [0.25, 0.3) is 0 Å². The Morgan fingerprint density at radius 1 is 1.36 bits per heavy atom. The Bertz CT molecular complexity index is 263. The van der Waals surface area contributed by atoms with Crippen LogP contribution in [0, 0.1) is 0 Å². The van der Waals surface area contributed by atoms with Crippen LogP contribution in [0.15, 0.2) is 24.3 Å². The first-order chi connectivity index (χ1) is 5.25. The van der Waals surface area contributed by atoms with Crippen LogP contribution in [0.5, 0.6) is 0 Å². The van der Waals surface area contributed by atoms with E-state index in [2.05, 4.69) is 6.92 Å². The molecule has 11 heavy (non-hydrogen) atoms. The molecule has 1 aromatic carbocycles. The van der Waals surface area contributed by atoms with Gasteiger partial charge in [-0.1, -0.05) is 31.2 Å². The number of carbonyl (C=O) groups is 1. The normalized spacial score (nSPS) is 9.64. The fourth-order valence-electron chi connectivity index (χ4n) is 1.17. The van der Waals surface area contributed by atoms with E-state index in [-0.39, 0.29) is 5.78 Å². The fourth-order valence-corrected chi connectivity index (χ4v) is 1.17. The summed E-state index contributed by atoms with van der Waals surface area (Å²) in [6, 6.07) is 7.74. The predicted molar refractivity (Wildman–Crippen MR) is 45.8 cm³/mol. The molecule has 0 aliphatic carbocycles. The van der Waals surface area contributed by atoms with Gasteiger partial charge in [0.1, 0.15) is 0 Å². The van der Waals surface area contributed by atoms with Gasteiger partial charge in [-0.25, -0.2) is 0 Å². The first kappa shape index (κ1) is 7.99. The monoisotopic (exact) mass is 148 g/mol. The molecule has 0 N–H and O–H groups in total. The number of Topliss-reactive ketones (excluding diaryl/α,β-unsaturated/α-hetero) is 1. The Labute approximate surface area is 67.1 Å². The van der Waals surface area contributed by atoms with Gasteiger partial charge >= 0.3 is 0 Å². The second-order valence-corrected chi connectivity index (χ2v) is 2.57. The van der Waals surface area contributed by atoms with Crippen LogP contribution in [0.4, 0.5) is 0 Å². The Balaban J connectivity index is 3.12. The first-order valence-electron chi connectivity index (χ1n) is 3.84. The average Bonchev–Trinajstić information content (AvgIpc) is 2.04. The lowest BCUT2D eigenvalue weighted by atomic mass is 10.0. The van der Waals surface area contributed by atoms with Crippen molar-refractivity contribution in [3.63, 3.8) is 0 Å². The van der Waals surface area contributed by atoms with Crippen molar-refractivity contribution in [2.45, 2.75) is 20.3 Å². The largest absolute Gasteiger partial charge is 0.295 e. The summed E-state index contributed by atoms with van der Waals surface area (Å²) >= 11 is 0. The van der Waals surface area contributed by atoms with Crippen molar-refractivity contribution in [2.24, 2.45) is 0 Å². The molecule has 0 amide bonds. The van der Waals surface area contributed by atoms with E-state index in [4.69, 9.17) is 0 Å². The quantitative estimate of drug-likeness (QED) is 0.589. The molecule has 0 aromatic heterocycles. The summed E-state index contributed by atoms with van der Waals surface area (Å²) in [6.45, 7) is 3.66. The maximum absolute atomic E-state index is 11.0. The number of ketones is 1. The van der Waals surface area contributed by atoms with Gasteiger partial charge in [0.25, 0.3) is 0 Å². The van der Waals surface area contributed by atoms with Gasteiger partial charge in [-0.15, -0.1) is 0 Å². The lowest BCUT2D eigenvalue weighted by Crippen LogP contribution is -1.97. The predicted octanol–water partition coefficient (Wildman–Crippen LogP) is 2.45. The number of hydrogen-bond donors (Lipinski definition) is 0. The smallest absolute Gasteiger partial charge is 0.160 e. The minimum Gasteiger partial charge on any atom is -0.295 e. The van der Waals surface area contributed by atoms with E-state index in [0.29, 0.717) is 0 Å². The summed E-state index contributed by atoms with van der Waals surface area (Å²) in [5, 5.41) is 0. The molecule has 0 unspecified atom stereocenters. The van der Waals surface area contributed by atoms with E-state index in [9.17, 15) is 4.79 Å². The van der Waals surface area contributed by atoms with Gasteiger partial charge in [-0.3, -0.25) is 4.79 Å². The fraction of sp³-hybridized carbons (Fsp3) is 0.300. The zero-order valence-corrected chi connectivity index (χ0v) is 6.92. The third-order valence-electron chi connectivity index (χ3n) is 1.78. The lowest BCUT2D eigenvalue weighted by Gasteiger charge is -2.01. The van der Waals surface area contributed by atoms with Gasteiger partial charge in [0.15, 0.2) is 5.78 Å². The molecule has 0 atom stereocenters. The third kappa shape index (κ3) is 1.67. The van der Waals surface area contributed by atoms with Crippen LogP contribution in [0.3, 0.4) is 0 Å². The Morgan fingerprint density at radius 3 is 2.45 bits per heavy atom.